The third-order valence-corrected chi connectivity index (χ3v) is 0.590. The van der Waals surface area contributed by atoms with Crippen molar-refractivity contribution < 1.29 is 14.6 Å². The van der Waals surface area contributed by atoms with Gasteiger partial charge in [-0.15, -0.1) is 0 Å². The van der Waals surface area contributed by atoms with E-state index in [1.165, 1.54) is 0 Å². The number of aromatic nitrogens is 2. The SMILES string of the molecule is C=COC(=O)O.c1c[nH]cn1. The first-order valence-corrected chi connectivity index (χ1v) is 2.70. The summed E-state index contributed by atoms with van der Waals surface area (Å²) in [6.07, 6.45) is 4.60. The average molecular weight is 156 g/mol. The topological polar surface area (TPSA) is 75.2 Å². The summed E-state index contributed by atoms with van der Waals surface area (Å²) in [4.78, 5) is 15.7. The number of nitrogens with zero attached hydrogens (tertiary/aromatic N) is 1. The quantitative estimate of drug-likeness (QED) is 0.473. The van der Waals surface area contributed by atoms with E-state index in [0.29, 0.717) is 0 Å². The average Bonchev–Trinajstić information content (AvgIpc) is 2.41. The van der Waals surface area contributed by atoms with Crippen LogP contribution in [-0.4, -0.2) is 21.2 Å². The first kappa shape index (κ1) is 9.22. The molecule has 1 aromatic rings. The highest BCUT2D eigenvalue weighted by molar-refractivity contribution is 5.57. The third-order valence-electron chi connectivity index (χ3n) is 0.590. The maximum Gasteiger partial charge on any atom is 0.510 e. The number of hydrogen-bond donors (Lipinski definition) is 2. The molecule has 11 heavy (non-hydrogen) atoms. The van der Waals surface area contributed by atoms with Crippen LogP contribution >= 0.6 is 0 Å². The molecule has 5 heteroatoms. The second-order valence-electron chi connectivity index (χ2n) is 1.31. The van der Waals surface area contributed by atoms with Crippen LogP contribution in [0.5, 0.6) is 0 Å². The zero-order valence-corrected chi connectivity index (χ0v) is 5.73. The second-order valence-corrected chi connectivity index (χ2v) is 1.31. The lowest BCUT2D eigenvalue weighted by molar-refractivity contribution is 0.128. The van der Waals surface area contributed by atoms with Gasteiger partial charge in [0.2, 0.25) is 0 Å². The van der Waals surface area contributed by atoms with Crippen LogP contribution in [0.25, 0.3) is 0 Å². The van der Waals surface area contributed by atoms with Crippen LogP contribution in [-0.2, 0) is 4.74 Å². The Bertz CT molecular complexity index is 178. The molecule has 1 heterocycles. The molecule has 0 aromatic carbocycles. The van der Waals surface area contributed by atoms with Crippen LogP contribution in [0.4, 0.5) is 4.79 Å². The summed E-state index contributed by atoms with van der Waals surface area (Å²) >= 11 is 0. The Labute approximate surface area is 63.3 Å². The summed E-state index contributed by atoms with van der Waals surface area (Å²) in [6, 6.07) is 0. The fourth-order valence-electron chi connectivity index (χ4n) is 0.286. The van der Waals surface area contributed by atoms with E-state index >= 15 is 0 Å². The molecule has 0 saturated heterocycles. The van der Waals surface area contributed by atoms with E-state index in [2.05, 4.69) is 21.3 Å². The molecule has 0 aliphatic carbocycles. The predicted molar refractivity (Wildman–Crippen MR) is 37.9 cm³/mol. The molecule has 0 atom stereocenters. The van der Waals surface area contributed by atoms with Crippen molar-refractivity contribution >= 4 is 6.16 Å². The van der Waals surface area contributed by atoms with Gasteiger partial charge in [-0.3, -0.25) is 0 Å². The third kappa shape index (κ3) is 8.22. The number of ether oxygens (including phenoxy) is 1. The Hall–Kier alpha value is -1.78. The Balaban J connectivity index is 0.000000183. The van der Waals surface area contributed by atoms with Crippen molar-refractivity contribution in [2.45, 2.75) is 0 Å². The number of carbonyl (C=O) groups is 1. The molecule has 0 bridgehead atoms. The van der Waals surface area contributed by atoms with Gasteiger partial charge in [0.25, 0.3) is 0 Å². The number of aromatic amines is 1. The van der Waals surface area contributed by atoms with Crippen LogP contribution in [0.3, 0.4) is 0 Å². The van der Waals surface area contributed by atoms with Crippen molar-refractivity contribution in [3.05, 3.63) is 31.6 Å². The van der Waals surface area contributed by atoms with Crippen LogP contribution in [0.15, 0.2) is 31.6 Å². The fourth-order valence-corrected chi connectivity index (χ4v) is 0.286. The minimum absolute atomic E-state index is 0.850. The molecule has 0 saturated carbocycles. The summed E-state index contributed by atoms with van der Waals surface area (Å²) in [5.74, 6) is 0. The number of imidazole rings is 1. The Morgan fingerprint density at radius 2 is 2.55 bits per heavy atom. The number of H-pyrrole nitrogens is 1. The van der Waals surface area contributed by atoms with Crippen molar-refractivity contribution in [2.75, 3.05) is 0 Å². The monoisotopic (exact) mass is 156 g/mol. The number of carboxylic acid groups (broad SMARTS) is 1. The van der Waals surface area contributed by atoms with Crippen molar-refractivity contribution in [3.63, 3.8) is 0 Å². The van der Waals surface area contributed by atoms with Gasteiger partial charge in [0.1, 0.15) is 0 Å². The smallest absolute Gasteiger partial charge is 0.449 e. The Morgan fingerprint density at radius 3 is 2.64 bits per heavy atom. The Morgan fingerprint density at radius 1 is 1.82 bits per heavy atom. The molecule has 1 aromatic heterocycles. The summed E-state index contributed by atoms with van der Waals surface area (Å²) < 4.78 is 3.72. The lowest BCUT2D eigenvalue weighted by atomic mass is 11.0. The van der Waals surface area contributed by atoms with Gasteiger partial charge < -0.3 is 14.8 Å². The van der Waals surface area contributed by atoms with Crippen molar-refractivity contribution in [1.29, 1.82) is 0 Å². The maximum atomic E-state index is 9.31. The van der Waals surface area contributed by atoms with Crippen molar-refractivity contribution in [1.82, 2.24) is 9.97 Å². The molecular formula is C6H8N2O3. The normalized spacial score (nSPS) is 7.27. The number of hydrogen-bond acceptors (Lipinski definition) is 3. The predicted octanol–water partition coefficient (Wildman–Crippen LogP) is 1.23. The Kier molecular flexibility index (Phi) is 5.32. The molecule has 0 unspecified atom stereocenters. The van der Waals surface area contributed by atoms with E-state index in [0.717, 1.165) is 6.26 Å². The van der Waals surface area contributed by atoms with Crippen LogP contribution < -0.4 is 0 Å². The highest BCUT2D eigenvalue weighted by Crippen LogP contribution is 1.70. The number of rotatable bonds is 1. The van der Waals surface area contributed by atoms with Gasteiger partial charge >= 0.3 is 6.16 Å². The van der Waals surface area contributed by atoms with Gasteiger partial charge in [0.05, 0.1) is 12.6 Å². The van der Waals surface area contributed by atoms with Gasteiger partial charge in [0.15, 0.2) is 0 Å². The molecular weight excluding hydrogens is 148 g/mol. The van der Waals surface area contributed by atoms with Gasteiger partial charge in [-0.2, -0.15) is 0 Å². The molecule has 0 amide bonds. The van der Waals surface area contributed by atoms with Gasteiger partial charge in [-0.25, -0.2) is 9.78 Å². The summed E-state index contributed by atoms with van der Waals surface area (Å²) in [5.41, 5.74) is 0. The molecule has 0 radical (unpaired) electrons. The lowest BCUT2D eigenvalue weighted by Crippen LogP contribution is -1.89. The van der Waals surface area contributed by atoms with Crippen LogP contribution in [0.1, 0.15) is 0 Å². The largest absolute Gasteiger partial charge is 0.510 e. The molecule has 0 aliphatic rings. The molecule has 1 rings (SSSR count). The minimum Gasteiger partial charge on any atom is -0.449 e. The van der Waals surface area contributed by atoms with E-state index in [1.54, 1.807) is 18.7 Å². The van der Waals surface area contributed by atoms with E-state index in [1.807, 2.05) is 0 Å². The fraction of sp³-hybridized carbons (Fsp3) is 0. The van der Waals surface area contributed by atoms with Crippen molar-refractivity contribution in [3.8, 4) is 0 Å². The van der Waals surface area contributed by atoms with Gasteiger partial charge in [-0.1, -0.05) is 6.58 Å². The van der Waals surface area contributed by atoms with Gasteiger partial charge in [-0.05, 0) is 0 Å². The summed E-state index contributed by atoms with van der Waals surface area (Å²) in [7, 11) is 0. The van der Waals surface area contributed by atoms with Crippen LogP contribution in [0.2, 0.25) is 0 Å². The summed E-state index contributed by atoms with van der Waals surface area (Å²) in [5, 5.41) is 7.62. The van der Waals surface area contributed by atoms with Gasteiger partial charge in [0, 0.05) is 12.4 Å². The number of nitrogens with one attached hydrogen (secondary N) is 1. The maximum absolute atomic E-state index is 9.31. The molecule has 2 N–H and O–H groups in total. The lowest BCUT2D eigenvalue weighted by Gasteiger charge is -1.81. The first-order valence-electron chi connectivity index (χ1n) is 2.70. The molecule has 5 nitrogen and oxygen atoms in total. The zero-order chi connectivity index (χ0) is 8.53. The van der Waals surface area contributed by atoms with E-state index in [-0.39, 0.29) is 0 Å². The standard InChI is InChI=1S/C3H4N2.C3H4O3/c1-2-5-3-4-1;1-2-6-3(4)5/h1-3H,(H,4,5);2H,1H2,(H,4,5). The minimum atomic E-state index is -1.33. The zero-order valence-electron chi connectivity index (χ0n) is 5.73. The highest BCUT2D eigenvalue weighted by Gasteiger charge is 1.84. The van der Waals surface area contributed by atoms with Crippen LogP contribution in [0, 0.1) is 0 Å². The van der Waals surface area contributed by atoms with Crippen molar-refractivity contribution in [2.24, 2.45) is 0 Å². The molecule has 60 valence electrons. The highest BCUT2D eigenvalue weighted by atomic mass is 16.7. The van der Waals surface area contributed by atoms with E-state index in [4.69, 9.17) is 5.11 Å². The van der Waals surface area contributed by atoms with E-state index < -0.39 is 6.16 Å². The second kappa shape index (κ2) is 6.34. The molecule has 0 spiro atoms. The van der Waals surface area contributed by atoms with E-state index in [9.17, 15) is 4.79 Å². The molecule has 0 fully saturated rings. The first-order chi connectivity index (χ1) is 5.27. The molecule has 0 aliphatic heterocycles. The summed E-state index contributed by atoms with van der Waals surface area (Å²) in [6.45, 7) is 3.00.